The van der Waals surface area contributed by atoms with Gasteiger partial charge in [0.25, 0.3) is 0 Å². The monoisotopic (exact) mass is 287 g/mol. The highest BCUT2D eigenvalue weighted by Gasteiger charge is 2.06. The van der Waals surface area contributed by atoms with Crippen molar-refractivity contribution >= 4 is 23.1 Å². The lowest BCUT2D eigenvalue weighted by atomic mass is 10.0. The minimum atomic E-state index is 0.151. The molecule has 0 radical (unpaired) electrons. The number of carbonyl (C=O) groups excluding carboxylic acids is 1. The molecular formula is C17H18ClNO. The zero-order valence-corrected chi connectivity index (χ0v) is 12.5. The molecule has 104 valence electrons. The molecule has 2 aromatic carbocycles. The molecule has 0 N–H and O–H groups in total. The number of benzene rings is 2. The maximum atomic E-state index is 12.1. The smallest absolute Gasteiger partial charge is 0.163 e. The Kier molecular flexibility index (Phi) is 4.80. The van der Waals surface area contributed by atoms with Gasteiger partial charge in [-0.05, 0) is 48.4 Å². The first-order valence-electron chi connectivity index (χ1n) is 6.61. The van der Waals surface area contributed by atoms with Crippen LogP contribution in [0.2, 0.25) is 5.02 Å². The lowest BCUT2D eigenvalue weighted by molar-refractivity contribution is 0.0983. The van der Waals surface area contributed by atoms with Crippen molar-refractivity contribution in [2.24, 2.45) is 0 Å². The van der Waals surface area contributed by atoms with E-state index in [1.165, 1.54) is 5.56 Å². The number of aryl methyl sites for hydroxylation is 1. The molecule has 2 rings (SSSR count). The van der Waals surface area contributed by atoms with Crippen LogP contribution in [0.5, 0.6) is 0 Å². The minimum Gasteiger partial charge on any atom is -0.378 e. The molecule has 0 bridgehead atoms. The maximum absolute atomic E-state index is 12.1. The largest absolute Gasteiger partial charge is 0.378 e. The van der Waals surface area contributed by atoms with Crippen molar-refractivity contribution < 1.29 is 4.79 Å². The Bertz CT molecular complexity index is 573. The molecule has 0 amide bonds. The normalized spacial score (nSPS) is 10.3. The van der Waals surface area contributed by atoms with E-state index >= 15 is 0 Å². The van der Waals surface area contributed by atoms with Gasteiger partial charge in [0.05, 0.1) is 0 Å². The number of hydrogen-bond donors (Lipinski definition) is 0. The standard InChI is InChI=1S/C17H18ClNO/c1-19(2)16-10-3-13(4-11-16)5-12-17(20)14-6-8-15(18)9-7-14/h3-4,6-11H,5,12H2,1-2H3. The molecule has 2 aromatic rings. The molecular weight excluding hydrogens is 270 g/mol. The summed E-state index contributed by atoms with van der Waals surface area (Å²) in [7, 11) is 4.03. The molecule has 0 spiro atoms. The summed E-state index contributed by atoms with van der Waals surface area (Å²) < 4.78 is 0. The van der Waals surface area contributed by atoms with E-state index in [4.69, 9.17) is 11.6 Å². The number of ketones is 1. The van der Waals surface area contributed by atoms with Gasteiger partial charge in [0, 0.05) is 36.8 Å². The Labute approximate surface area is 125 Å². The Morgan fingerprint density at radius 1 is 1.00 bits per heavy atom. The van der Waals surface area contributed by atoms with Crippen molar-refractivity contribution in [1.82, 2.24) is 0 Å². The molecule has 0 aliphatic heterocycles. The third-order valence-corrected chi connectivity index (χ3v) is 3.51. The highest BCUT2D eigenvalue weighted by Crippen LogP contribution is 2.15. The average Bonchev–Trinajstić information content (AvgIpc) is 2.46. The average molecular weight is 288 g/mol. The summed E-state index contributed by atoms with van der Waals surface area (Å²) in [6.07, 6.45) is 1.28. The molecule has 0 unspecified atom stereocenters. The quantitative estimate of drug-likeness (QED) is 0.767. The van der Waals surface area contributed by atoms with Gasteiger partial charge in [-0.15, -0.1) is 0 Å². The van der Waals surface area contributed by atoms with E-state index in [1.807, 2.05) is 14.1 Å². The van der Waals surface area contributed by atoms with Crippen molar-refractivity contribution in [1.29, 1.82) is 0 Å². The minimum absolute atomic E-state index is 0.151. The van der Waals surface area contributed by atoms with Crippen LogP contribution < -0.4 is 4.90 Å². The molecule has 0 aromatic heterocycles. The van der Waals surface area contributed by atoms with Gasteiger partial charge in [-0.1, -0.05) is 23.7 Å². The Balaban J connectivity index is 1.94. The first-order valence-corrected chi connectivity index (χ1v) is 6.99. The molecule has 0 heterocycles. The fourth-order valence-corrected chi connectivity index (χ4v) is 2.12. The summed E-state index contributed by atoms with van der Waals surface area (Å²) in [6, 6.07) is 15.3. The predicted octanol–water partition coefficient (Wildman–Crippen LogP) is 4.22. The van der Waals surface area contributed by atoms with Crippen LogP contribution in [0.3, 0.4) is 0 Å². The zero-order chi connectivity index (χ0) is 14.5. The van der Waals surface area contributed by atoms with Gasteiger partial charge in [-0.2, -0.15) is 0 Å². The number of hydrogen-bond acceptors (Lipinski definition) is 2. The third-order valence-electron chi connectivity index (χ3n) is 3.26. The fraction of sp³-hybridized carbons (Fsp3) is 0.235. The summed E-state index contributed by atoms with van der Waals surface area (Å²) >= 11 is 5.81. The molecule has 20 heavy (non-hydrogen) atoms. The molecule has 0 aliphatic rings. The maximum Gasteiger partial charge on any atom is 0.163 e. The van der Waals surface area contributed by atoms with E-state index in [2.05, 4.69) is 29.2 Å². The zero-order valence-electron chi connectivity index (χ0n) is 11.8. The summed E-state index contributed by atoms with van der Waals surface area (Å²) in [6.45, 7) is 0. The number of carbonyl (C=O) groups is 1. The summed E-state index contributed by atoms with van der Waals surface area (Å²) in [5, 5.41) is 0.654. The highest BCUT2D eigenvalue weighted by molar-refractivity contribution is 6.30. The first kappa shape index (κ1) is 14.6. The fourth-order valence-electron chi connectivity index (χ4n) is 2.00. The van der Waals surface area contributed by atoms with Crippen LogP contribution >= 0.6 is 11.6 Å². The first-order chi connectivity index (χ1) is 9.56. The molecule has 0 aliphatic carbocycles. The Morgan fingerprint density at radius 3 is 2.15 bits per heavy atom. The van der Waals surface area contributed by atoms with Crippen LogP contribution in [0, 0.1) is 0 Å². The molecule has 0 saturated heterocycles. The van der Waals surface area contributed by atoms with E-state index in [1.54, 1.807) is 24.3 Å². The number of Topliss-reactive ketones (excluding diaryl/α,β-unsaturated/α-hetero) is 1. The van der Waals surface area contributed by atoms with E-state index in [0.717, 1.165) is 17.7 Å². The van der Waals surface area contributed by atoms with Crippen molar-refractivity contribution in [2.75, 3.05) is 19.0 Å². The molecule has 2 nitrogen and oxygen atoms in total. The van der Waals surface area contributed by atoms with Crippen molar-refractivity contribution in [3.05, 3.63) is 64.7 Å². The third kappa shape index (κ3) is 3.84. The van der Waals surface area contributed by atoms with Gasteiger partial charge in [-0.3, -0.25) is 4.79 Å². The van der Waals surface area contributed by atoms with Crippen LogP contribution in [0.15, 0.2) is 48.5 Å². The van der Waals surface area contributed by atoms with Crippen LogP contribution in [-0.4, -0.2) is 19.9 Å². The van der Waals surface area contributed by atoms with Gasteiger partial charge >= 0.3 is 0 Å². The molecule has 0 saturated carbocycles. The van der Waals surface area contributed by atoms with Crippen molar-refractivity contribution in [2.45, 2.75) is 12.8 Å². The Hall–Kier alpha value is -1.80. The molecule has 3 heteroatoms. The van der Waals surface area contributed by atoms with Gasteiger partial charge < -0.3 is 4.90 Å². The molecule has 0 atom stereocenters. The lowest BCUT2D eigenvalue weighted by Crippen LogP contribution is -2.08. The van der Waals surface area contributed by atoms with Gasteiger partial charge in [-0.25, -0.2) is 0 Å². The second kappa shape index (κ2) is 6.58. The van der Waals surface area contributed by atoms with Crippen LogP contribution in [-0.2, 0) is 6.42 Å². The van der Waals surface area contributed by atoms with Crippen molar-refractivity contribution in [3.8, 4) is 0 Å². The summed E-state index contributed by atoms with van der Waals surface area (Å²) in [4.78, 5) is 14.1. The number of halogens is 1. The topological polar surface area (TPSA) is 20.3 Å². The van der Waals surface area contributed by atoms with Crippen LogP contribution in [0.1, 0.15) is 22.3 Å². The van der Waals surface area contributed by atoms with E-state index < -0.39 is 0 Å². The van der Waals surface area contributed by atoms with Gasteiger partial charge in [0.2, 0.25) is 0 Å². The second-order valence-corrected chi connectivity index (χ2v) is 5.43. The molecule has 0 fully saturated rings. The highest BCUT2D eigenvalue weighted by atomic mass is 35.5. The number of anilines is 1. The second-order valence-electron chi connectivity index (χ2n) is 4.99. The predicted molar refractivity (Wildman–Crippen MR) is 84.9 cm³/mol. The van der Waals surface area contributed by atoms with Crippen LogP contribution in [0.25, 0.3) is 0 Å². The number of nitrogens with zero attached hydrogens (tertiary/aromatic N) is 1. The van der Waals surface area contributed by atoms with E-state index in [0.29, 0.717) is 11.4 Å². The lowest BCUT2D eigenvalue weighted by Gasteiger charge is -2.12. The Morgan fingerprint density at radius 2 is 1.60 bits per heavy atom. The van der Waals surface area contributed by atoms with E-state index in [-0.39, 0.29) is 5.78 Å². The van der Waals surface area contributed by atoms with Gasteiger partial charge in [0.1, 0.15) is 0 Å². The van der Waals surface area contributed by atoms with Crippen LogP contribution in [0.4, 0.5) is 5.69 Å². The summed E-state index contributed by atoms with van der Waals surface area (Å²) in [5.41, 5.74) is 3.06. The van der Waals surface area contributed by atoms with E-state index in [9.17, 15) is 4.79 Å². The SMILES string of the molecule is CN(C)c1ccc(CCC(=O)c2ccc(Cl)cc2)cc1. The summed E-state index contributed by atoms with van der Waals surface area (Å²) in [5.74, 6) is 0.151. The van der Waals surface area contributed by atoms with Gasteiger partial charge in [0.15, 0.2) is 5.78 Å². The van der Waals surface area contributed by atoms with Crippen molar-refractivity contribution in [3.63, 3.8) is 0 Å². The number of rotatable bonds is 5.